The van der Waals surface area contributed by atoms with Crippen LogP contribution in [-0.4, -0.2) is 5.11 Å². The minimum atomic E-state index is -0.393. The van der Waals surface area contributed by atoms with Crippen LogP contribution < -0.4 is 0 Å². The predicted molar refractivity (Wildman–Crippen MR) is 81.5 cm³/mol. The molecule has 0 bridgehead atoms. The summed E-state index contributed by atoms with van der Waals surface area (Å²) in [5.41, 5.74) is 0.997. The Morgan fingerprint density at radius 1 is 1.12 bits per heavy atom. The molecule has 0 radical (unpaired) electrons. The molecule has 1 unspecified atom stereocenters. The Morgan fingerprint density at radius 2 is 1.76 bits per heavy atom. The van der Waals surface area contributed by atoms with Crippen LogP contribution in [0.4, 0.5) is 0 Å². The molecule has 0 spiro atoms. The first-order valence-corrected chi connectivity index (χ1v) is 7.59. The third kappa shape index (κ3) is 3.53. The van der Waals surface area contributed by atoms with Gasteiger partial charge in [-0.2, -0.15) is 0 Å². The van der Waals surface area contributed by atoms with Gasteiger partial charge in [-0.05, 0) is 58.8 Å². The summed E-state index contributed by atoms with van der Waals surface area (Å²) in [7, 11) is 0. The van der Waals surface area contributed by atoms with Gasteiger partial charge >= 0.3 is 0 Å². The lowest BCUT2D eigenvalue weighted by Crippen LogP contribution is -2.00. The van der Waals surface area contributed by atoms with Crippen LogP contribution in [0.1, 0.15) is 28.3 Å². The fourth-order valence-corrected chi connectivity index (χ4v) is 3.07. The van der Waals surface area contributed by atoms with Crippen LogP contribution in [0, 0.1) is 3.57 Å². The molecule has 0 aliphatic rings. The van der Waals surface area contributed by atoms with Crippen molar-refractivity contribution in [2.24, 2.45) is 0 Å². The van der Waals surface area contributed by atoms with Crippen molar-refractivity contribution in [3.63, 3.8) is 0 Å². The summed E-state index contributed by atoms with van der Waals surface area (Å²) >= 11 is 4.07. The van der Waals surface area contributed by atoms with Crippen LogP contribution in [0.25, 0.3) is 0 Å². The molecule has 1 heterocycles. The monoisotopic (exact) mass is 358 g/mol. The third-order valence-electron chi connectivity index (χ3n) is 2.72. The second-order valence-corrected chi connectivity index (χ2v) is 6.49. The van der Waals surface area contributed by atoms with Gasteiger partial charge in [0.15, 0.2) is 0 Å². The van der Waals surface area contributed by atoms with Crippen LogP contribution >= 0.6 is 33.9 Å². The van der Waals surface area contributed by atoms with Crippen molar-refractivity contribution in [2.45, 2.75) is 25.9 Å². The first kappa shape index (κ1) is 13.1. The molecule has 1 aromatic heterocycles. The lowest BCUT2D eigenvalue weighted by Gasteiger charge is -2.09. The van der Waals surface area contributed by atoms with E-state index in [0.29, 0.717) is 6.42 Å². The first-order chi connectivity index (χ1) is 8.19. The molecule has 17 heavy (non-hydrogen) atoms. The van der Waals surface area contributed by atoms with Gasteiger partial charge in [0, 0.05) is 19.7 Å². The highest BCUT2D eigenvalue weighted by Gasteiger charge is 2.09. The van der Waals surface area contributed by atoms with Crippen molar-refractivity contribution in [2.75, 3.05) is 0 Å². The van der Waals surface area contributed by atoms with Crippen LogP contribution in [0.3, 0.4) is 0 Å². The van der Waals surface area contributed by atoms with Gasteiger partial charge in [-0.25, -0.2) is 0 Å². The smallest absolute Gasteiger partial charge is 0.0838 e. The number of aryl methyl sites for hydroxylation is 1. The van der Waals surface area contributed by atoms with Crippen LogP contribution in [-0.2, 0) is 12.8 Å². The lowest BCUT2D eigenvalue weighted by molar-refractivity contribution is 0.179. The summed E-state index contributed by atoms with van der Waals surface area (Å²) in [6, 6.07) is 12.3. The Balaban J connectivity index is 2.05. The highest BCUT2D eigenvalue weighted by Crippen LogP contribution is 2.24. The van der Waals surface area contributed by atoms with Gasteiger partial charge in [0.25, 0.3) is 0 Å². The van der Waals surface area contributed by atoms with E-state index in [1.54, 1.807) is 11.3 Å². The summed E-state index contributed by atoms with van der Waals surface area (Å²) in [5, 5.41) is 10.2. The molecule has 3 heteroatoms. The van der Waals surface area contributed by atoms with E-state index in [2.05, 4.69) is 41.6 Å². The van der Waals surface area contributed by atoms with Gasteiger partial charge in [0.2, 0.25) is 0 Å². The van der Waals surface area contributed by atoms with E-state index < -0.39 is 6.10 Å². The van der Waals surface area contributed by atoms with E-state index in [1.807, 2.05) is 24.3 Å². The van der Waals surface area contributed by atoms with Crippen LogP contribution in [0.5, 0.6) is 0 Å². The Morgan fingerprint density at radius 3 is 2.35 bits per heavy atom. The normalized spacial score (nSPS) is 12.6. The summed E-state index contributed by atoms with van der Waals surface area (Å²) in [5.74, 6) is 0. The zero-order valence-corrected chi connectivity index (χ0v) is 12.7. The highest BCUT2D eigenvalue weighted by molar-refractivity contribution is 14.1. The average molecular weight is 358 g/mol. The highest BCUT2D eigenvalue weighted by atomic mass is 127. The Bertz CT molecular complexity index is 475. The van der Waals surface area contributed by atoms with Crippen molar-refractivity contribution in [1.82, 2.24) is 0 Å². The third-order valence-corrected chi connectivity index (χ3v) is 4.69. The lowest BCUT2D eigenvalue weighted by atomic mass is 10.1. The maximum atomic E-state index is 10.2. The molecule has 1 N–H and O–H groups in total. The molecule has 2 rings (SSSR count). The molecule has 0 fully saturated rings. The first-order valence-electron chi connectivity index (χ1n) is 5.70. The number of aliphatic hydroxyl groups is 1. The molecule has 0 saturated heterocycles. The molecular formula is C14H15IOS. The Kier molecular flexibility index (Phi) is 4.59. The van der Waals surface area contributed by atoms with Crippen molar-refractivity contribution >= 4 is 33.9 Å². The molecule has 0 aliphatic heterocycles. The topological polar surface area (TPSA) is 20.2 Å². The molecule has 0 aliphatic carbocycles. The molecule has 2 aromatic rings. The minimum Gasteiger partial charge on any atom is -0.388 e. The van der Waals surface area contributed by atoms with Crippen molar-refractivity contribution < 1.29 is 5.11 Å². The van der Waals surface area contributed by atoms with E-state index in [4.69, 9.17) is 0 Å². The maximum Gasteiger partial charge on any atom is 0.0838 e. The second-order valence-electron chi connectivity index (χ2n) is 3.99. The van der Waals surface area contributed by atoms with Gasteiger partial charge in [-0.3, -0.25) is 0 Å². The molecular weight excluding hydrogens is 343 g/mol. The van der Waals surface area contributed by atoms with Crippen molar-refractivity contribution in [3.05, 3.63) is 55.3 Å². The maximum absolute atomic E-state index is 10.2. The van der Waals surface area contributed by atoms with Crippen molar-refractivity contribution in [1.29, 1.82) is 0 Å². The quantitative estimate of drug-likeness (QED) is 0.813. The fourth-order valence-electron chi connectivity index (χ4n) is 1.72. The number of benzene rings is 1. The zero-order valence-electron chi connectivity index (χ0n) is 9.69. The van der Waals surface area contributed by atoms with E-state index >= 15 is 0 Å². The number of rotatable bonds is 4. The largest absolute Gasteiger partial charge is 0.388 e. The van der Waals surface area contributed by atoms with Gasteiger partial charge in [0.05, 0.1) is 6.10 Å². The predicted octanol–water partition coefficient (Wildman–Crippen LogP) is 4.19. The van der Waals surface area contributed by atoms with E-state index in [-0.39, 0.29) is 0 Å². The molecule has 1 nitrogen and oxygen atoms in total. The Labute approximate surface area is 120 Å². The van der Waals surface area contributed by atoms with Gasteiger partial charge in [-0.15, -0.1) is 11.3 Å². The van der Waals surface area contributed by atoms with Gasteiger partial charge < -0.3 is 5.11 Å². The average Bonchev–Trinajstić information content (AvgIpc) is 2.77. The number of hydrogen-bond donors (Lipinski definition) is 1. The van der Waals surface area contributed by atoms with Crippen LogP contribution in [0.15, 0.2) is 36.4 Å². The standard InChI is InChI=1S/C14H15IOS/c1-2-12-7-8-13(17-12)9-14(16)10-3-5-11(15)6-4-10/h3-8,14,16H,2,9H2,1H3. The van der Waals surface area contributed by atoms with Crippen LogP contribution in [0.2, 0.25) is 0 Å². The summed E-state index contributed by atoms with van der Waals surface area (Å²) in [6.07, 6.45) is 1.39. The number of hydrogen-bond acceptors (Lipinski definition) is 2. The fraction of sp³-hybridized carbons (Fsp3) is 0.286. The Hall–Kier alpha value is -0.390. The minimum absolute atomic E-state index is 0.393. The number of halogens is 1. The number of aliphatic hydroxyl groups excluding tert-OH is 1. The summed E-state index contributed by atoms with van der Waals surface area (Å²) < 4.78 is 1.20. The van der Waals surface area contributed by atoms with Gasteiger partial charge in [-0.1, -0.05) is 19.1 Å². The molecule has 0 saturated carbocycles. The molecule has 1 atom stereocenters. The van der Waals surface area contributed by atoms with E-state index in [0.717, 1.165) is 12.0 Å². The number of thiophene rings is 1. The molecule has 90 valence electrons. The zero-order chi connectivity index (χ0) is 12.3. The SMILES string of the molecule is CCc1ccc(CC(O)c2ccc(I)cc2)s1. The molecule has 0 amide bonds. The van der Waals surface area contributed by atoms with E-state index in [1.165, 1.54) is 13.3 Å². The summed E-state index contributed by atoms with van der Waals surface area (Å²) in [4.78, 5) is 2.64. The summed E-state index contributed by atoms with van der Waals surface area (Å²) in [6.45, 7) is 2.16. The van der Waals surface area contributed by atoms with Gasteiger partial charge in [0.1, 0.15) is 0 Å². The molecule has 1 aromatic carbocycles. The van der Waals surface area contributed by atoms with E-state index in [9.17, 15) is 5.11 Å². The second kappa shape index (κ2) is 5.98. The van der Waals surface area contributed by atoms with Crippen molar-refractivity contribution in [3.8, 4) is 0 Å².